The number of carbonyl (C=O) groups excluding carboxylic acids is 1. The Morgan fingerprint density at radius 2 is 2.05 bits per heavy atom. The molecule has 0 fully saturated rings. The maximum Gasteiger partial charge on any atom is 0.390 e. The molecular weight excluding hydrogens is 271 g/mol. The molecule has 112 valence electrons. The van der Waals surface area contributed by atoms with E-state index in [1.165, 1.54) is 13.1 Å². The van der Waals surface area contributed by atoms with Crippen LogP contribution < -0.4 is 5.32 Å². The smallest absolute Gasteiger partial charge is 0.373 e. The van der Waals surface area contributed by atoms with E-state index in [0.717, 1.165) is 4.90 Å². The highest BCUT2D eigenvalue weighted by Gasteiger charge is 2.28. The van der Waals surface area contributed by atoms with E-state index in [0.29, 0.717) is 23.5 Å². The minimum absolute atomic E-state index is 0.339. The van der Waals surface area contributed by atoms with Gasteiger partial charge in [-0.3, -0.25) is 4.79 Å². The molecule has 0 radical (unpaired) electrons. The topological polar surface area (TPSA) is 45.2 Å². The van der Waals surface area contributed by atoms with Crippen LogP contribution >= 0.6 is 0 Å². The minimum Gasteiger partial charge on any atom is -0.373 e. The van der Waals surface area contributed by atoms with E-state index in [1.807, 2.05) is 6.92 Å². The van der Waals surface area contributed by atoms with Crippen LogP contribution in [0.5, 0.6) is 0 Å². The highest BCUT2D eigenvalue weighted by atomic mass is 19.4. The molecule has 4 nitrogen and oxygen atoms in total. The summed E-state index contributed by atoms with van der Waals surface area (Å²) in [5.41, 5.74) is 1.05. The van der Waals surface area contributed by atoms with Crippen molar-refractivity contribution in [2.24, 2.45) is 0 Å². The maximum atomic E-state index is 12.2. The molecule has 0 aliphatic carbocycles. The van der Waals surface area contributed by atoms with Gasteiger partial charge in [0.2, 0.25) is 0 Å². The third-order valence-electron chi connectivity index (χ3n) is 2.82. The first kappa shape index (κ1) is 16.3. The third-order valence-corrected chi connectivity index (χ3v) is 2.82. The van der Waals surface area contributed by atoms with E-state index in [2.05, 4.69) is 10.3 Å². The van der Waals surface area contributed by atoms with Crippen LogP contribution in [-0.4, -0.2) is 42.6 Å². The number of carbonyl (C=O) groups is 1. The van der Waals surface area contributed by atoms with Gasteiger partial charge in [-0.05, 0) is 18.6 Å². The van der Waals surface area contributed by atoms with Crippen LogP contribution in [0.1, 0.15) is 29.4 Å². The summed E-state index contributed by atoms with van der Waals surface area (Å²) < 4.78 is 36.5. The number of rotatable bonds is 5. The second-order valence-electron chi connectivity index (χ2n) is 4.43. The molecule has 0 aliphatic rings. The lowest BCUT2D eigenvalue weighted by Crippen LogP contribution is -2.30. The number of aromatic nitrogens is 1. The van der Waals surface area contributed by atoms with Gasteiger partial charge in [0.1, 0.15) is 5.82 Å². The van der Waals surface area contributed by atoms with E-state index in [9.17, 15) is 18.0 Å². The monoisotopic (exact) mass is 289 g/mol. The Kier molecular flexibility index (Phi) is 5.35. The van der Waals surface area contributed by atoms with Gasteiger partial charge < -0.3 is 10.2 Å². The van der Waals surface area contributed by atoms with Gasteiger partial charge in [-0.2, -0.15) is 13.2 Å². The fraction of sp³-hybridized carbons (Fsp3) is 0.538. The van der Waals surface area contributed by atoms with Crippen molar-refractivity contribution < 1.29 is 18.0 Å². The average molecular weight is 289 g/mol. The number of alkyl halides is 3. The molecule has 1 amide bonds. The van der Waals surface area contributed by atoms with Crippen molar-refractivity contribution in [1.82, 2.24) is 9.88 Å². The number of nitrogens with one attached hydrogen (secondary N) is 1. The van der Waals surface area contributed by atoms with Crippen LogP contribution in [0.25, 0.3) is 0 Å². The van der Waals surface area contributed by atoms with Gasteiger partial charge in [0.05, 0.1) is 6.42 Å². The van der Waals surface area contributed by atoms with E-state index < -0.39 is 18.5 Å². The number of aryl methyl sites for hydroxylation is 1. The zero-order valence-electron chi connectivity index (χ0n) is 11.7. The maximum absolute atomic E-state index is 12.2. The second kappa shape index (κ2) is 6.58. The summed E-state index contributed by atoms with van der Waals surface area (Å²) in [4.78, 5) is 17.4. The second-order valence-corrected chi connectivity index (χ2v) is 4.43. The van der Waals surface area contributed by atoms with Crippen molar-refractivity contribution in [3.63, 3.8) is 0 Å². The van der Waals surface area contributed by atoms with Gasteiger partial charge in [-0.25, -0.2) is 4.98 Å². The molecule has 1 rings (SSSR count). The summed E-state index contributed by atoms with van der Waals surface area (Å²) in [5.74, 6) is 0.0831. The summed E-state index contributed by atoms with van der Waals surface area (Å²) >= 11 is 0. The average Bonchev–Trinajstić information content (AvgIpc) is 2.42. The van der Waals surface area contributed by atoms with Crippen molar-refractivity contribution in [1.29, 1.82) is 0 Å². The van der Waals surface area contributed by atoms with Gasteiger partial charge in [-0.15, -0.1) is 0 Å². The standard InChI is InChI=1S/C13H18F3N3O/c1-4-10-7-9(8-11(17-2)18-10)12(20)19(3)6-5-13(14,15)16/h7-8H,4-6H2,1-3H3,(H,17,18). The Labute approximate surface area is 116 Å². The van der Waals surface area contributed by atoms with Gasteiger partial charge in [0, 0.05) is 31.9 Å². The molecule has 20 heavy (non-hydrogen) atoms. The summed E-state index contributed by atoms with van der Waals surface area (Å²) in [7, 11) is 3.03. The van der Waals surface area contributed by atoms with Crippen LogP contribution in [0.2, 0.25) is 0 Å². The summed E-state index contributed by atoms with van der Waals surface area (Å²) in [6.45, 7) is 1.53. The zero-order valence-corrected chi connectivity index (χ0v) is 11.7. The fourth-order valence-electron chi connectivity index (χ4n) is 1.64. The molecule has 0 aliphatic heterocycles. The highest BCUT2D eigenvalue weighted by molar-refractivity contribution is 5.94. The van der Waals surface area contributed by atoms with Crippen LogP contribution in [0, 0.1) is 0 Å². The van der Waals surface area contributed by atoms with E-state index in [-0.39, 0.29) is 6.54 Å². The normalized spacial score (nSPS) is 11.3. The van der Waals surface area contributed by atoms with Gasteiger partial charge in [-0.1, -0.05) is 6.92 Å². The first-order valence-electron chi connectivity index (χ1n) is 6.27. The molecule has 1 aromatic heterocycles. The predicted octanol–water partition coefficient (Wildman–Crippen LogP) is 2.71. The molecule has 1 N–H and O–H groups in total. The number of nitrogens with zero attached hydrogens (tertiary/aromatic N) is 2. The van der Waals surface area contributed by atoms with Crippen LogP contribution in [-0.2, 0) is 6.42 Å². The van der Waals surface area contributed by atoms with Crippen molar-refractivity contribution >= 4 is 11.7 Å². The number of amides is 1. The van der Waals surface area contributed by atoms with Crippen molar-refractivity contribution in [2.45, 2.75) is 25.9 Å². The number of pyridine rings is 1. The Bertz CT molecular complexity index is 452. The minimum atomic E-state index is -4.27. The molecule has 0 spiro atoms. The molecule has 0 saturated heterocycles. The van der Waals surface area contributed by atoms with Gasteiger partial charge >= 0.3 is 6.18 Å². The Morgan fingerprint density at radius 1 is 1.40 bits per heavy atom. The Balaban J connectivity index is 2.85. The quantitative estimate of drug-likeness (QED) is 0.906. The molecule has 1 heterocycles. The highest BCUT2D eigenvalue weighted by Crippen LogP contribution is 2.20. The van der Waals surface area contributed by atoms with E-state index >= 15 is 0 Å². The molecule has 0 saturated carbocycles. The fourth-order valence-corrected chi connectivity index (χ4v) is 1.64. The van der Waals surface area contributed by atoms with Gasteiger partial charge in [0.15, 0.2) is 0 Å². The lowest BCUT2D eigenvalue weighted by atomic mass is 10.1. The summed E-state index contributed by atoms with van der Waals surface area (Å²) in [6, 6.07) is 3.14. The van der Waals surface area contributed by atoms with E-state index in [1.54, 1.807) is 13.1 Å². The lowest BCUT2D eigenvalue weighted by Gasteiger charge is -2.19. The molecule has 0 aromatic carbocycles. The predicted molar refractivity (Wildman–Crippen MR) is 70.8 cm³/mol. The number of anilines is 1. The lowest BCUT2D eigenvalue weighted by molar-refractivity contribution is -0.136. The third kappa shape index (κ3) is 4.71. The summed E-state index contributed by atoms with van der Waals surface area (Å²) in [5, 5.41) is 2.83. The SMILES string of the molecule is CCc1cc(C(=O)N(C)CCC(F)(F)F)cc(NC)n1. The number of hydrogen-bond acceptors (Lipinski definition) is 3. The van der Waals surface area contributed by atoms with Crippen LogP contribution in [0.4, 0.5) is 19.0 Å². The van der Waals surface area contributed by atoms with Gasteiger partial charge in [0.25, 0.3) is 5.91 Å². The van der Waals surface area contributed by atoms with Crippen molar-refractivity contribution in [3.05, 3.63) is 23.4 Å². The Hall–Kier alpha value is -1.79. The zero-order chi connectivity index (χ0) is 15.3. The number of halogens is 3. The molecule has 1 aromatic rings. The summed E-state index contributed by atoms with van der Waals surface area (Å²) in [6.07, 6.45) is -4.64. The molecule has 0 unspecified atom stereocenters. The van der Waals surface area contributed by atoms with Crippen LogP contribution in [0.3, 0.4) is 0 Å². The molecule has 0 bridgehead atoms. The largest absolute Gasteiger partial charge is 0.390 e. The first-order chi connectivity index (χ1) is 9.26. The van der Waals surface area contributed by atoms with Crippen molar-refractivity contribution in [3.8, 4) is 0 Å². The molecular formula is C13H18F3N3O. The van der Waals surface area contributed by atoms with Crippen molar-refractivity contribution in [2.75, 3.05) is 26.0 Å². The van der Waals surface area contributed by atoms with Crippen LogP contribution in [0.15, 0.2) is 12.1 Å². The Morgan fingerprint density at radius 3 is 2.55 bits per heavy atom. The van der Waals surface area contributed by atoms with E-state index in [4.69, 9.17) is 0 Å². The molecule has 7 heteroatoms. The molecule has 0 atom stereocenters. The first-order valence-corrected chi connectivity index (χ1v) is 6.27. The number of hydrogen-bond donors (Lipinski definition) is 1.